The van der Waals surface area contributed by atoms with Crippen LogP contribution < -0.4 is 14.8 Å². The SMILES string of the molecule is O=C(CN1C(=O)S/C(=C/c2ccc(-c3ccc([N+](=O)[O-])cc3Br)o2)C1=O)Nc1ccc2c(c1)OCCO2. The average molecular weight is 586 g/mol. The number of halogens is 1. The second-order valence-corrected chi connectivity index (χ2v) is 9.65. The number of carbonyl (C=O) groups is 3. The number of anilines is 1. The number of hydrogen-bond donors (Lipinski definition) is 1. The Morgan fingerprint density at radius 2 is 1.89 bits per heavy atom. The van der Waals surface area contributed by atoms with Crippen LogP contribution in [-0.4, -0.2) is 46.6 Å². The summed E-state index contributed by atoms with van der Waals surface area (Å²) in [4.78, 5) is 49.2. The van der Waals surface area contributed by atoms with Crippen LogP contribution in [0.3, 0.4) is 0 Å². The van der Waals surface area contributed by atoms with Gasteiger partial charge in [0.2, 0.25) is 5.91 Å². The van der Waals surface area contributed by atoms with Crippen LogP contribution in [0.5, 0.6) is 11.5 Å². The van der Waals surface area contributed by atoms with Gasteiger partial charge in [-0.25, -0.2) is 0 Å². The number of amides is 3. The maximum Gasteiger partial charge on any atom is 0.294 e. The number of non-ortho nitro benzene ring substituents is 1. The van der Waals surface area contributed by atoms with Gasteiger partial charge in [0.25, 0.3) is 16.8 Å². The molecule has 0 bridgehead atoms. The normalized spacial score (nSPS) is 15.8. The minimum atomic E-state index is -0.623. The number of rotatable bonds is 6. The van der Waals surface area contributed by atoms with E-state index in [2.05, 4.69) is 21.2 Å². The van der Waals surface area contributed by atoms with Gasteiger partial charge < -0.3 is 19.2 Å². The fourth-order valence-electron chi connectivity index (χ4n) is 3.62. The molecule has 3 amide bonds. The maximum atomic E-state index is 12.8. The molecule has 0 atom stereocenters. The molecule has 188 valence electrons. The Bertz CT molecular complexity index is 1480. The average Bonchev–Trinajstić information content (AvgIpc) is 3.43. The molecule has 2 aliphatic heterocycles. The number of nitro benzene ring substituents is 1. The van der Waals surface area contributed by atoms with Crippen molar-refractivity contribution < 1.29 is 33.2 Å². The van der Waals surface area contributed by atoms with Crippen molar-refractivity contribution in [1.29, 1.82) is 0 Å². The van der Waals surface area contributed by atoms with Crippen LogP contribution in [0.4, 0.5) is 16.2 Å². The lowest BCUT2D eigenvalue weighted by Gasteiger charge is -2.19. The van der Waals surface area contributed by atoms with Gasteiger partial charge in [0.15, 0.2) is 11.5 Å². The Labute approximate surface area is 221 Å². The molecule has 3 heterocycles. The smallest absolute Gasteiger partial charge is 0.294 e. The standard InChI is InChI=1S/C24H16BrN3O8S/c25-17-10-14(28(32)33)2-4-16(17)18-6-3-15(36-18)11-21-23(30)27(24(31)37-21)12-22(29)26-13-1-5-19-20(9-13)35-8-7-34-19/h1-6,9-11H,7-8,12H2,(H,26,29)/b21-11+. The summed E-state index contributed by atoms with van der Waals surface area (Å²) in [7, 11) is 0. The third-order valence-corrected chi connectivity index (χ3v) is 6.89. The number of imide groups is 1. The second-order valence-electron chi connectivity index (χ2n) is 7.80. The first kappa shape index (κ1) is 24.6. The van der Waals surface area contributed by atoms with Crippen LogP contribution in [0, 0.1) is 10.1 Å². The number of carbonyl (C=O) groups excluding carboxylic acids is 3. The van der Waals surface area contributed by atoms with E-state index in [4.69, 9.17) is 13.9 Å². The predicted octanol–water partition coefficient (Wildman–Crippen LogP) is 5.06. The highest BCUT2D eigenvalue weighted by Crippen LogP contribution is 2.36. The number of benzene rings is 2. The van der Waals surface area contributed by atoms with E-state index >= 15 is 0 Å². The molecule has 0 spiro atoms. The number of furan rings is 1. The quantitative estimate of drug-likeness (QED) is 0.238. The predicted molar refractivity (Wildman–Crippen MR) is 137 cm³/mol. The van der Waals surface area contributed by atoms with Crippen LogP contribution in [0.2, 0.25) is 0 Å². The van der Waals surface area contributed by atoms with Gasteiger partial charge in [-0.3, -0.25) is 29.4 Å². The van der Waals surface area contributed by atoms with Crippen molar-refractivity contribution in [3.05, 3.63) is 73.8 Å². The molecular formula is C24H16BrN3O8S. The number of thioether (sulfide) groups is 1. The van der Waals surface area contributed by atoms with Crippen LogP contribution >= 0.6 is 27.7 Å². The lowest BCUT2D eigenvalue weighted by Crippen LogP contribution is -2.36. The number of ether oxygens (including phenoxy) is 2. The summed E-state index contributed by atoms with van der Waals surface area (Å²) in [6.07, 6.45) is 1.41. The molecule has 11 nitrogen and oxygen atoms in total. The molecule has 1 N–H and O–H groups in total. The van der Waals surface area contributed by atoms with E-state index in [1.54, 1.807) is 36.4 Å². The van der Waals surface area contributed by atoms with Gasteiger partial charge in [0.05, 0.1) is 9.83 Å². The van der Waals surface area contributed by atoms with Gasteiger partial charge in [0.1, 0.15) is 31.3 Å². The summed E-state index contributed by atoms with van der Waals surface area (Å²) < 4.78 is 17.2. The summed E-state index contributed by atoms with van der Waals surface area (Å²) in [6.45, 7) is 0.380. The molecular weight excluding hydrogens is 570 g/mol. The van der Waals surface area contributed by atoms with Crippen molar-refractivity contribution in [3.63, 3.8) is 0 Å². The van der Waals surface area contributed by atoms with Crippen molar-refractivity contribution >= 4 is 62.2 Å². The molecule has 0 aliphatic carbocycles. The number of nitrogens with one attached hydrogen (secondary N) is 1. The first-order valence-corrected chi connectivity index (χ1v) is 12.4. The molecule has 1 fully saturated rings. The lowest BCUT2D eigenvalue weighted by molar-refractivity contribution is -0.384. The fourth-order valence-corrected chi connectivity index (χ4v) is 5.00. The van der Waals surface area contributed by atoms with E-state index in [0.717, 1.165) is 4.90 Å². The number of nitro groups is 1. The molecule has 37 heavy (non-hydrogen) atoms. The molecule has 0 radical (unpaired) electrons. The van der Waals surface area contributed by atoms with E-state index in [-0.39, 0.29) is 10.6 Å². The zero-order chi connectivity index (χ0) is 26.1. The van der Waals surface area contributed by atoms with Crippen molar-refractivity contribution in [1.82, 2.24) is 4.90 Å². The highest BCUT2D eigenvalue weighted by Gasteiger charge is 2.36. The molecule has 5 rings (SSSR count). The second kappa shape index (κ2) is 10.1. The summed E-state index contributed by atoms with van der Waals surface area (Å²) in [5, 5.41) is 13.0. The van der Waals surface area contributed by atoms with Crippen molar-refractivity contribution in [3.8, 4) is 22.8 Å². The molecule has 2 aliphatic rings. The number of nitrogens with zero attached hydrogens (tertiary/aromatic N) is 2. The summed E-state index contributed by atoms with van der Waals surface area (Å²) >= 11 is 3.99. The molecule has 1 aromatic heterocycles. The summed E-state index contributed by atoms with van der Waals surface area (Å²) in [5.74, 6) is 0.599. The third-order valence-electron chi connectivity index (χ3n) is 5.33. The van der Waals surface area contributed by atoms with Gasteiger partial charge in [0, 0.05) is 40.0 Å². The van der Waals surface area contributed by atoms with Crippen molar-refractivity contribution in [2.24, 2.45) is 0 Å². The van der Waals surface area contributed by atoms with Crippen LogP contribution in [0.15, 0.2) is 62.3 Å². The summed E-state index contributed by atoms with van der Waals surface area (Å²) in [5.41, 5.74) is 0.945. The van der Waals surface area contributed by atoms with Crippen LogP contribution in [0.25, 0.3) is 17.4 Å². The van der Waals surface area contributed by atoms with E-state index in [1.807, 2.05) is 0 Å². The Kier molecular flexibility index (Phi) is 6.72. The molecule has 0 unspecified atom stereocenters. The molecule has 2 aromatic carbocycles. The largest absolute Gasteiger partial charge is 0.486 e. The van der Waals surface area contributed by atoms with E-state index in [9.17, 15) is 24.5 Å². The monoisotopic (exact) mass is 585 g/mol. The molecule has 13 heteroatoms. The molecule has 1 saturated heterocycles. The minimum absolute atomic E-state index is 0.0749. The van der Waals surface area contributed by atoms with E-state index in [0.29, 0.717) is 63.7 Å². The van der Waals surface area contributed by atoms with Gasteiger partial charge in [-0.05, 0) is 58.0 Å². The van der Waals surface area contributed by atoms with Gasteiger partial charge in [-0.15, -0.1) is 0 Å². The lowest BCUT2D eigenvalue weighted by atomic mass is 10.1. The highest BCUT2D eigenvalue weighted by atomic mass is 79.9. The van der Waals surface area contributed by atoms with Gasteiger partial charge in [-0.1, -0.05) is 0 Å². The zero-order valence-electron chi connectivity index (χ0n) is 18.8. The fraction of sp³-hybridized carbons (Fsp3) is 0.125. The third kappa shape index (κ3) is 5.22. The van der Waals surface area contributed by atoms with Crippen LogP contribution in [-0.2, 0) is 9.59 Å². The first-order valence-electron chi connectivity index (χ1n) is 10.8. The Morgan fingerprint density at radius 1 is 1.11 bits per heavy atom. The topological polar surface area (TPSA) is 141 Å². The Hall–Kier alpha value is -4.10. The van der Waals surface area contributed by atoms with Crippen molar-refractivity contribution in [2.45, 2.75) is 0 Å². The van der Waals surface area contributed by atoms with Crippen molar-refractivity contribution in [2.75, 3.05) is 25.1 Å². The number of hydrogen-bond acceptors (Lipinski definition) is 9. The first-order chi connectivity index (χ1) is 17.8. The minimum Gasteiger partial charge on any atom is -0.486 e. The molecule has 3 aromatic rings. The number of fused-ring (bicyclic) bond motifs is 1. The van der Waals surface area contributed by atoms with E-state index < -0.39 is 28.5 Å². The van der Waals surface area contributed by atoms with Gasteiger partial charge in [-0.2, -0.15) is 0 Å². The van der Waals surface area contributed by atoms with Crippen LogP contribution in [0.1, 0.15) is 5.76 Å². The molecule has 0 saturated carbocycles. The maximum absolute atomic E-state index is 12.8. The van der Waals surface area contributed by atoms with Gasteiger partial charge >= 0.3 is 0 Å². The zero-order valence-corrected chi connectivity index (χ0v) is 21.2. The van der Waals surface area contributed by atoms with E-state index in [1.165, 1.54) is 18.2 Å². The Morgan fingerprint density at radius 3 is 2.65 bits per heavy atom. The summed E-state index contributed by atoms with van der Waals surface area (Å²) in [6, 6.07) is 12.4. The Balaban J connectivity index is 1.26. The highest BCUT2D eigenvalue weighted by molar-refractivity contribution is 9.10.